The number of carbonyl (C=O) groups excluding carboxylic acids is 5. The smallest absolute Gasteiger partial charge is 0.308 e. The zero-order valence-corrected chi connectivity index (χ0v) is 17.0. The number of nitro benzene ring substituents is 1. The van der Waals surface area contributed by atoms with Crippen LogP contribution in [0.5, 0.6) is 0 Å². The second-order valence-corrected chi connectivity index (χ2v) is 7.17. The SMILES string of the molecule is O=C1CN(C(=O)COC(=O)CCN2C(=O)c3cccc([N+](=O)[O-])c3C2=O)c2ccccc2N1. The van der Waals surface area contributed by atoms with Crippen molar-refractivity contribution in [3.05, 3.63) is 63.7 Å². The third-order valence-electron chi connectivity index (χ3n) is 5.14. The zero-order valence-electron chi connectivity index (χ0n) is 17.0. The van der Waals surface area contributed by atoms with Gasteiger partial charge in [0.15, 0.2) is 6.61 Å². The van der Waals surface area contributed by atoms with Crippen molar-refractivity contribution in [1.82, 2.24) is 4.90 Å². The van der Waals surface area contributed by atoms with Crippen LogP contribution >= 0.6 is 0 Å². The van der Waals surface area contributed by atoms with Crippen LogP contribution in [0.2, 0.25) is 0 Å². The Balaban J connectivity index is 1.35. The Morgan fingerprint density at radius 1 is 1.06 bits per heavy atom. The molecule has 2 aromatic rings. The predicted molar refractivity (Wildman–Crippen MR) is 111 cm³/mol. The standard InChI is InChI=1S/C21H16N4O8/c26-16-10-24(14-6-2-1-5-13(14)22-16)17(27)11-33-18(28)8-9-23-20(29)12-4-3-7-15(25(31)32)19(12)21(23)30/h1-7H,8-11H2,(H,22,26). The van der Waals surface area contributed by atoms with Crippen LogP contribution in [0.1, 0.15) is 27.1 Å². The highest BCUT2D eigenvalue weighted by atomic mass is 16.6. The summed E-state index contributed by atoms with van der Waals surface area (Å²) in [5.41, 5.74) is -0.0100. The molecular formula is C21H16N4O8. The van der Waals surface area contributed by atoms with Crippen molar-refractivity contribution in [2.45, 2.75) is 6.42 Å². The number of para-hydroxylation sites is 2. The van der Waals surface area contributed by atoms with Crippen molar-refractivity contribution in [3.63, 3.8) is 0 Å². The van der Waals surface area contributed by atoms with Crippen molar-refractivity contribution in [2.24, 2.45) is 0 Å². The van der Waals surface area contributed by atoms with Gasteiger partial charge >= 0.3 is 5.97 Å². The quantitative estimate of drug-likeness (QED) is 0.296. The highest BCUT2D eigenvalue weighted by Crippen LogP contribution is 2.31. The van der Waals surface area contributed by atoms with Gasteiger partial charge in [-0.2, -0.15) is 0 Å². The Labute approximate surface area is 185 Å². The Morgan fingerprint density at radius 3 is 2.58 bits per heavy atom. The van der Waals surface area contributed by atoms with Crippen LogP contribution in [-0.4, -0.2) is 59.1 Å². The molecule has 4 amide bonds. The molecule has 0 saturated carbocycles. The van der Waals surface area contributed by atoms with Gasteiger partial charge in [0.1, 0.15) is 12.1 Å². The molecule has 2 aromatic carbocycles. The van der Waals surface area contributed by atoms with E-state index in [1.807, 2.05) is 0 Å². The minimum atomic E-state index is -0.873. The fourth-order valence-electron chi connectivity index (χ4n) is 3.62. The Kier molecular flexibility index (Phi) is 5.56. The van der Waals surface area contributed by atoms with Crippen molar-refractivity contribution >= 4 is 46.7 Å². The molecule has 0 saturated heterocycles. The number of anilines is 2. The van der Waals surface area contributed by atoms with Crippen molar-refractivity contribution in [2.75, 3.05) is 29.9 Å². The van der Waals surface area contributed by atoms with E-state index in [1.54, 1.807) is 24.3 Å². The van der Waals surface area contributed by atoms with E-state index < -0.39 is 53.2 Å². The van der Waals surface area contributed by atoms with Gasteiger partial charge in [0, 0.05) is 12.6 Å². The number of esters is 1. The monoisotopic (exact) mass is 452 g/mol. The number of hydrogen-bond donors (Lipinski definition) is 1. The molecule has 1 N–H and O–H groups in total. The summed E-state index contributed by atoms with van der Waals surface area (Å²) in [5, 5.41) is 13.8. The van der Waals surface area contributed by atoms with Crippen LogP contribution in [0.4, 0.5) is 17.1 Å². The fraction of sp³-hybridized carbons (Fsp3) is 0.190. The van der Waals surface area contributed by atoms with Crippen molar-refractivity contribution < 1.29 is 33.6 Å². The van der Waals surface area contributed by atoms with E-state index in [0.717, 1.165) is 11.0 Å². The molecule has 2 aliphatic rings. The molecule has 0 bridgehead atoms. The summed E-state index contributed by atoms with van der Waals surface area (Å²) in [4.78, 5) is 73.7. The van der Waals surface area contributed by atoms with Gasteiger partial charge in [0.05, 0.1) is 28.3 Å². The molecule has 0 fully saturated rings. The molecule has 12 heteroatoms. The van der Waals surface area contributed by atoms with Crippen LogP contribution in [0.25, 0.3) is 0 Å². The summed E-state index contributed by atoms with van der Waals surface area (Å²) in [5.74, 6) is -3.50. The molecule has 2 heterocycles. The van der Waals surface area contributed by atoms with E-state index in [0.29, 0.717) is 11.4 Å². The Bertz CT molecular complexity index is 1220. The third kappa shape index (κ3) is 4.01. The number of imide groups is 1. The van der Waals surface area contributed by atoms with Gasteiger partial charge in [0.2, 0.25) is 5.91 Å². The lowest BCUT2D eigenvalue weighted by molar-refractivity contribution is -0.385. The van der Waals surface area contributed by atoms with Gasteiger partial charge in [-0.1, -0.05) is 18.2 Å². The molecular weight excluding hydrogens is 436 g/mol. The van der Waals surface area contributed by atoms with Crippen molar-refractivity contribution in [1.29, 1.82) is 0 Å². The average molecular weight is 452 g/mol. The number of fused-ring (bicyclic) bond motifs is 2. The molecule has 0 unspecified atom stereocenters. The second-order valence-electron chi connectivity index (χ2n) is 7.17. The van der Waals surface area contributed by atoms with Crippen molar-refractivity contribution in [3.8, 4) is 0 Å². The second kappa shape index (κ2) is 8.49. The van der Waals surface area contributed by atoms with Crippen LogP contribution in [0, 0.1) is 10.1 Å². The van der Waals surface area contributed by atoms with Gasteiger partial charge in [0.25, 0.3) is 23.4 Å². The van der Waals surface area contributed by atoms with E-state index in [1.165, 1.54) is 17.0 Å². The highest BCUT2D eigenvalue weighted by molar-refractivity contribution is 6.23. The summed E-state index contributed by atoms with van der Waals surface area (Å²) >= 11 is 0. The number of rotatable bonds is 6. The fourth-order valence-corrected chi connectivity index (χ4v) is 3.62. The number of ether oxygens (including phenoxy) is 1. The number of amides is 4. The van der Waals surface area contributed by atoms with Crippen LogP contribution in [0.3, 0.4) is 0 Å². The lowest BCUT2D eigenvalue weighted by atomic mass is 10.1. The maximum absolute atomic E-state index is 12.5. The lowest BCUT2D eigenvalue weighted by Gasteiger charge is -2.28. The number of nitrogens with one attached hydrogen (secondary N) is 1. The lowest BCUT2D eigenvalue weighted by Crippen LogP contribution is -2.44. The summed E-state index contributed by atoms with van der Waals surface area (Å²) in [6.45, 7) is -1.25. The minimum absolute atomic E-state index is 0.111. The van der Waals surface area contributed by atoms with E-state index in [9.17, 15) is 34.1 Å². The number of carbonyl (C=O) groups is 5. The van der Waals surface area contributed by atoms with Crippen LogP contribution < -0.4 is 10.2 Å². The van der Waals surface area contributed by atoms with Gasteiger partial charge in [-0.3, -0.25) is 43.9 Å². The first kappa shape index (κ1) is 21.6. The number of nitrogens with zero attached hydrogens (tertiary/aromatic N) is 3. The molecule has 4 rings (SSSR count). The average Bonchev–Trinajstić information content (AvgIpc) is 3.05. The van der Waals surface area contributed by atoms with Gasteiger partial charge < -0.3 is 10.1 Å². The molecule has 33 heavy (non-hydrogen) atoms. The van der Waals surface area contributed by atoms with E-state index in [-0.39, 0.29) is 24.2 Å². The molecule has 2 aliphatic heterocycles. The molecule has 0 atom stereocenters. The molecule has 0 aromatic heterocycles. The molecule has 0 aliphatic carbocycles. The Morgan fingerprint density at radius 2 is 1.82 bits per heavy atom. The maximum atomic E-state index is 12.5. The molecule has 168 valence electrons. The maximum Gasteiger partial charge on any atom is 0.308 e. The van der Waals surface area contributed by atoms with Gasteiger partial charge in [-0.15, -0.1) is 0 Å². The highest BCUT2D eigenvalue weighted by Gasteiger charge is 2.41. The van der Waals surface area contributed by atoms with E-state index in [2.05, 4.69) is 5.32 Å². The Hall–Kier alpha value is -4.61. The first-order valence-corrected chi connectivity index (χ1v) is 9.76. The summed E-state index contributed by atoms with van der Waals surface area (Å²) in [6, 6.07) is 10.4. The predicted octanol–water partition coefficient (Wildman–Crippen LogP) is 1.11. The molecule has 0 radical (unpaired) electrons. The van der Waals surface area contributed by atoms with Gasteiger partial charge in [-0.25, -0.2) is 0 Å². The molecule has 0 spiro atoms. The topological polar surface area (TPSA) is 156 Å². The summed E-state index contributed by atoms with van der Waals surface area (Å²) in [7, 11) is 0. The normalized spacial score (nSPS) is 14.5. The zero-order chi connectivity index (χ0) is 23.7. The molecule has 12 nitrogen and oxygen atoms in total. The first-order valence-electron chi connectivity index (χ1n) is 9.76. The number of hydrogen-bond acceptors (Lipinski definition) is 8. The first-order chi connectivity index (χ1) is 15.8. The third-order valence-corrected chi connectivity index (χ3v) is 5.14. The summed E-state index contributed by atoms with van der Waals surface area (Å²) < 4.78 is 4.96. The van der Waals surface area contributed by atoms with Crippen LogP contribution in [-0.2, 0) is 19.1 Å². The number of nitro groups is 1. The number of benzene rings is 2. The van der Waals surface area contributed by atoms with Gasteiger partial charge in [-0.05, 0) is 18.2 Å². The largest absolute Gasteiger partial charge is 0.455 e. The van der Waals surface area contributed by atoms with E-state index in [4.69, 9.17) is 4.74 Å². The summed E-state index contributed by atoms with van der Waals surface area (Å²) in [6.07, 6.45) is -0.413. The van der Waals surface area contributed by atoms with E-state index >= 15 is 0 Å². The van der Waals surface area contributed by atoms with Crippen LogP contribution in [0.15, 0.2) is 42.5 Å². The minimum Gasteiger partial charge on any atom is -0.455 e.